The fourth-order valence-electron chi connectivity index (χ4n) is 6.26. The van der Waals surface area contributed by atoms with Gasteiger partial charge in [-0.05, 0) is 100 Å². The lowest BCUT2D eigenvalue weighted by Gasteiger charge is -2.43. The van der Waals surface area contributed by atoms with Gasteiger partial charge in [0.1, 0.15) is 6.61 Å². The number of methoxy groups -OCH3 is 2. The molecule has 2 bridgehead atoms. The minimum absolute atomic E-state index is 0.172. The van der Waals surface area contributed by atoms with Gasteiger partial charge < -0.3 is 19.5 Å². The number of fused-ring (bicyclic) bond motifs is 7. The van der Waals surface area contributed by atoms with Crippen molar-refractivity contribution >= 4 is 27.6 Å². The summed E-state index contributed by atoms with van der Waals surface area (Å²) in [6.07, 6.45) is 5.52. The topological polar surface area (TPSA) is 56.8 Å². The highest BCUT2D eigenvalue weighted by Gasteiger charge is 2.54. The number of anilines is 1. The van der Waals surface area contributed by atoms with E-state index in [-0.39, 0.29) is 12.0 Å². The molecule has 1 heterocycles. The first-order valence-corrected chi connectivity index (χ1v) is 11.9. The highest BCUT2D eigenvalue weighted by atomic mass is 79.9. The van der Waals surface area contributed by atoms with Crippen LogP contribution >= 0.6 is 15.9 Å². The zero-order valence-electron chi connectivity index (χ0n) is 18.4. The van der Waals surface area contributed by atoms with Crippen LogP contribution in [0.15, 0.2) is 47.5 Å². The Hall–Kier alpha value is -2.47. The van der Waals surface area contributed by atoms with E-state index in [4.69, 9.17) is 14.2 Å². The fourth-order valence-corrected chi connectivity index (χ4v) is 6.84. The molecule has 0 amide bonds. The number of carbonyl (C=O) groups excluding carboxylic acids is 1. The maximum Gasteiger partial charge on any atom is 0.337 e. The molecule has 0 saturated heterocycles. The first-order chi connectivity index (χ1) is 15.5. The molecule has 5 rings (SSSR count). The molecule has 0 aromatic heterocycles. The molecule has 0 unspecified atom stereocenters. The van der Waals surface area contributed by atoms with E-state index in [1.54, 1.807) is 13.2 Å². The first kappa shape index (κ1) is 21.4. The Kier molecular flexibility index (Phi) is 5.66. The summed E-state index contributed by atoms with van der Waals surface area (Å²) in [5, 5.41) is 3.81. The quantitative estimate of drug-likeness (QED) is 0.385. The van der Waals surface area contributed by atoms with Gasteiger partial charge in [0.2, 0.25) is 0 Å². The number of ether oxygens (including phenoxy) is 3. The van der Waals surface area contributed by atoms with Crippen LogP contribution in [-0.4, -0.2) is 26.8 Å². The van der Waals surface area contributed by atoms with Crippen molar-refractivity contribution in [1.29, 1.82) is 0 Å². The van der Waals surface area contributed by atoms with Crippen LogP contribution in [0.1, 0.15) is 52.7 Å². The Morgan fingerprint density at radius 1 is 1.22 bits per heavy atom. The highest BCUT2D eigenvalue weighted by molar-refractivity contribution is 9.10. The number of benzene rings is 2. The van der Waals surface area contributed by atoms with Gasteiger partial charge in [-0.3, -0.25) is 0 Å². The van der Waals surface area contributed by atoms with Crippen LogP contribution in [0, 0.1) is 17.8 Å². The van der Waals surface area contributed by atoms with E-state index in [1.165, 1.54) is 37.5 Å². The fraction of sp³-hybridized carbons (Fsp3) is 0.423. The summed E-state index contributed by atoms with van der Waals surface area (Å²) in [4.78, 5) is 12.2. The van der Waals surface area contributed by atoms with E-state index in [2.05, 4.69) is 40.0 Å². The smallest absolute Gasteiger partial charge is 0.337 e. The summed E-state index contributed by atoms with van der Waals surface area (Å²) in [5.74, 6) is 3.40. The van der Waals surface area contributed by atoms with Crippen molar-refractivity contribution in [1.82, 2.24) is 0 Å². The summed E-state index contributed by atoms with van der Waals surface area (Å²) in [7, 11) is 3.11. The number of carbonyl (C=O) groups is 1. The van der Waals surface area contributed by atoms with Crippen molar-refractivity contribution in [3.05, 3.63) is 64.1 Å². The SMILES string of the molecule is C=CCOc1c(Br)cc([C@@H]2Nc3ccc(C(=O)OC)cc3[C@@H]3[C@H]4CC[C@H](C4)[C@@H]32)cc1OC. The molecule has 2 aromatic rings. The molecular weight excluding hydrogens is 470 g/mol. The number of halogens is 1. The molecule has 0 spiro atoms. The Labute approximate surface area is 197 Å². The Balaban J connectivity index is 1.57. The molecular formula is C26H28BrNO4. The highest BCUT2D eigenvalue weighted by Crippen LogP contribution is 2.64. The second-order valence-corrected chi connectivity index (χ2v) is 9.84. The van der Waals surface area contributed by atoms with Crippen molar-refractivity contribution in [3.8, 4) is 11.5 Å². The van der Waals surface area contributed by atoms with E-state index in [0.29, 0.717) is 47.3 Å². The number of nitrogens with one attached hydrogen (secondary N) is 1. The van der Waals surface area contributed by atoms with Crippen molar-refractivity contribution in [2.75, 3.05) is 26.1 Å². The van der Waals surface area contributed by atoms with Crippen LogP contribution in [0.5, 0.6) is 11.5 Å². The predicted octanol–water partition coefficient (Wildman–Crippen LogP) is 6.11. The normalized spacial score (nSPS) is 27.2. The molecule has 5 nitrogen and oxygen atoms in total. The van der Waals surface area contributed by atoms with E-state index in [0.717, 1.165) is 10.2 Å². The largest absolute Gasteiger partial charge is 0.493 e. The number of rotatable bonds is 6. The molecule has 5 atom stereocenters. The second-order valence-electron chi connectivity index (χ2n) is 8.99. The average molecular weight is 498 g/mol. The van der Waals surface area contributed by atoms with Gasteiger partial charge >= 0.3 is 5.97 Å². The molecule has 2 fully saturated rings. The van der Waals surface area contributed by atoms with Gasteiger partial charge in [0, 0.05) is 5.69 Å². The third-order valence-corrected chi connectivity index (χ3v) is 8.05. The molecule has 1 N–H and O–H groups in total. The van der Waals surface area contributed by atoms with Gasteiger partial charge in [-0.25, -0.2) is 4.79 Å². The molecule has 3 aliphatic rings. The van der Waals surface area contributed by atoms with Crippen LogP contribution < -0.4 is 14.8 Å². The van der Waals surface area contributed by atoms with Crippen LogP contribution in [0.2, 0.25) is 0 Å². The number of hydrogen-bond donors (Lipinski definition) is 1. The van der Waals surface area contributed by atoms with Gasteiger partial charge in [-0.15, -0.1) is 0 Å². The standard InChI is InChI=1S/C26H28BrNO4/c1-4-9-32-25-19(27)12-17(13-21(25)30-2)24-23-15-6-5-14(10-15)22(23)18-11-16(26(29)31-3)7-8-20(18)28-24/h4,7-8,11-15,22-24,28H,1,5-6,9-10H2,2-3H3/t14-,15+,22-,23-,24-/m0/s1. The summed E-state index contributed by atoms with van der Waals surface area (Å²) in [6.45, 7) is 4.15. The van der Waals surface area contributed by atoms with Crippen LogP contribution in [0.3, 0.4) is 0 Å². The van der Waals surface area contributed by atoms with Gasteiger partial charge in [0.25, 0.3) is 0 Å². The second kappa shape index (κ2) is 8.47. The summed E-state index contributed by atoms with van der Waals surface area (Å²) < 4.78 is 17.4. The summed E-state index contributed by atoms with van der Waals surface area (Å²) in [6, 6.07) is 10.3. The van der Waals surface area contributed by atoms with E-state index < -0.39 is 0 Å². The molecule has 168 valence electrons. The summed E-state index contributed by atoms with van der Waals surface area (Å²) in [5.41, 5.74) is 4.18. The predicted molar refractivity (Wildman–Crippen MR) is 128 cm³/mol. The third-order valence-electron chi connectivity index (χ3n) is 7.46. The zero-order chi connectivity index (χ0) is 22.4. The van der Waals surface area contributed by atoms with E-state index >= 15 is 0 Å². The maximum atomic E-state index is 12.2. The van der Waals surface area contributed by atoms with Gasteiger partial charge in [-0.2, -0.15) is 0 Å². The molecule has 2 saturated carbocycles. The van der Waals surface area contributed by atoms with Crippen molar-refractivity contribution in [2.45, 2.75) is 31.2 Å². The number of hydrogen-bond acceptors (Lipinski definition) is 5. The van der Waals surface area contributed by atoms with Gasteiger partial charge in [-0.1, -0.05) is 12.7 Å². The molecule has 2 aliphatic carbocycles. The van der Waals surface area contributed by atoms with Crippen molar-refractivity contribution in [3.63, 3.8) is 0 Å². The lowest BCUT2D eigenvalue weighted by molar-refractivity contribution is 0.0600. The molecule has 1 aliphatic heterocycles. The van der Waals surface area contributed by atoms with E-state index in [9.17, 15) is 4.79 Å². The number of esters is 1. The summed E-state index contributed by atoms with van der Waals surface area (Å²) >= 11 is 3.70. The average Bonchev–Trinajstić information content (AvgIpc) is 3.44. The Morgan fingerprint density at radius 3 is 2.78 bits per heavy atom. The minimum atomic E-state index is -0.279. The monoisotopic (exact) mass is 497 g/mol. The van der Waals surface area contributed by atoms with Crippen LogP contribution in [-0.2, 0) is 4.74 Å². The van der Waals surface area contributed by atoms with Crippen LogP contribution in [0.4, 0.5) is 5.69 Å². The minimum Gasteiger partial charge on any atom is -0.493 e. The van der Waals surface area contributed by atoms with Gasteiger partial charge in [0.05, 0.1) is 30.3 Å². The lowest BCUT2D eigenvalue weighted by atomic mass is 9.68. The Morgan fingerprint density at radius 2 is 2.03 bits per heavy atom. The van der Waals surface area contributed by atoms with Crippen molar-refractivity contribution < 1.29 is 19.0 Å². The van der Waals surface area contributed by atoms with Crippen LogP contribution in [0.25, 0.3) is 0 Å². The third kappa shape index (κ3) is 3.40. The molecule has 2 aromatic carbocycles. The molecule has 6 heteroatoms. The molecule has 32 heavy (non-hydrogen) atoms. The maximum absolute atomic E-state index is 12.2. The van der Waals surface area contributed by atoms with E-state index in [1.807, 2.05) is 18.2 Å². The Bertz CT molecular complexity index is 1070. The van der Waals surface area contributed by atoms with Gasteiger partial charge in [0.15, 0.2) is 11.5 Å². The molecule has 0 radical (unpaired) electrons. The zero-order valence-corrected chi connectivity index (χ0v) is 20.0. The first-order valence-electron chi connectivity index (χ1n) is 11.2. The lowest BCUT2D eigenvalue weighted by Crippen LogP contribution is -2.35. The van der Waals surface area contributed by atoms with Crippen molar-refractivity contribution in [2.24, 2.45) is 17.8 Å².